The lowest BCUT2D eigenvalue weighted by Crippen LogP contribution is -2.18. The SMILES string of the molecule is CCCCCCc1c(-n2nc3ccccc3n2)cc(CCC(=O)OC)cc1C(C)(C)C. The normalized spacial score (nSPS) is 11.8. The van der Waals surface area contributed by atoms with Gasteiger partial charge in [-0.15, -0.1) is 10.2 Å². The summed E-state index contributed by atoms with van der Waals surface area (Å²) in [5.74, 6) is -0.189. The molecule has 0 spiro atoms. The molecule has 0 aliphatic heterocycles. The van der Waals surface area contributed by atoms with Gasteiger partial charge in [0.2, 0.25) is 0 Å². The number of aromatic nitrogens is 3. The second-order valence-electron chi connectivity index (χ2n) is 9.26. The molecule has 0 radical (unpaired) electrons. The van der Waals surface area contributed by atoms with Crippen LogP contribution in [0.25, 0.3) is 16.7 Å². The van der Waals surface area contributed by atoms with Crippen LogP contribution < -0.4 is 0 Å². The predicted molar refractivity (Wildman–Crippen MR) is 126 cm³/mol. The van der Waals surface area contributed by atoms with E-state index < -0.39 is 0 Å². The largest absolute Gasteiger partial charge is 0.469 e. The van der Waals surface area contributed by atoms with E-state index >= 15 is 0 Å². The summed E-state index contributed by atoms with van der Waals surface area (Å²) >= 11 is 0. The molecule has 5 heteroatoms. The number of carbonyl (C=O) groups is 1. The van der Waals surface area contributed by atoms with E-state index in [1.165, 1.54) is 37.5 Å². The lowest BCUT2D eigenvalue weighted by Gasteiger charge is -2.26. The minimum Gasteiger partial charge on any atom is -0.469 e. The van der Waals surface area contributed by atoms with Crippen molar-refractivity contribution >= 4 is 17.0 Å². The molecule has 0 aliphatic rings. The van der Waals surface area contributed by atoms with Crippen LogP contribution in [0.4, 0.5) is 0 Å². The molecule has 5 nitrogen and oxygen atoms in total. The van der Waals surface area contributed by atoms with E-state index in [1.807, 2.05) is 24.3 Å². The minimum absolute atomic E-state index is 0.0251. The van der Waals surface area contributed by atoms with Crippen molar-refractivity contribution in [2.75, 3.05) is 7.11 Å². The van der Waals surface area contributed by atoms with Crippen molar-refractivity contribution in [1.82, 2.24) is 15.0 Å². The Morgan fingerprint density at radius 1 is 1.00 bits per heavy atom. The molecule has 2 aromatic carbocycles. The maximum Gasteiger partial charge on any atom is 0.305 e. The highest BCUT2D eigenvalue weighted by Gasteiger charge is 2.23. The number of methoxy groups -OCH3 is 1. The molecule has 0 atom stereocenters. The Bertz CT molecular complexity index is 998. The van der Waals surface area contributed by atoms with Gasteiger partial charge < -0.3 is 4.74 Å². The summed E-state index contributed by atoms with van der Waals surface area (Å²) in [6, 6.07) is 12.4. The summed E-state index contributed by atoms with van der Waals surface area (Å²) in [6.45, 7) is 8.98. The number of hydrogen-bond acceptors (Lipinski definition) is 4. The highest BCUT2D eigenvalue weighted by Crippen LogP contribution is 2.33. The Hall–Kier alpha value is -2.69. The molecule has 1 heterocycles. The van der Waals surface area contributed by atoms with Crippen LogP contribution in [-0.2, 0) is 27.8 Å². The first-order chi connectivity index (χ1) is 14.8. The number of aryl methyl sites for hydroxylation is 1. The maximum atomic E-state index is 11.8. The standard InChI is InChI=1S/C26H35N3O2/c1-6-7-8-9-12-20-21(26(2,3)4)17-19(15-16-25(30)31-5)18-24(20)29-27-22-13-10-11-14-23(22)28-29/h10-11,13-14,17-18H,6-9,12,15-16H2,1-5H3. The fourth-order valence-corrected chi connectivity index (χ4v) is 4.01. The van der Waals surface area contributed by atoms with Gasteiger partial charge in [-0.05, 0) is 59.6 Å². The van der Waals surface area contributed by atoms with Gasteiger partial charge in [0.25, 0.3) is 0 Å². The molecule has 0 saturated heterocycles. The average Bonchev–Trinajstić information content (AvgIpc) is 3.18. The van der Waals surface area contributed by atoms with Gasteiger partial charge in [-0.3, -0.25) is 4.79 Å². The monoisotopic (exact) mass is 421 g/mol. The molecule has 0 bridgehead atoms. The van der Waals surface area contributed by atoms with Crippen LogP contribution in [-0.4, -0.2) is 28.1 Å². The fourth-order valence-electron chi connectivity index (χ4n) is 4.01. The first-order valence-corrected chi connectivity index (χ1v) is 11.4. The highest BCUT2D eigenvalue weighted by molar-refractivity contribution is 5.73. The molecule has 0 fully saturated rings. The lowest BCUT2D eigenvalue weighted by atomic mass is 9.80. The molecular formula is C26H35N3O2. The molecule has 1 aromatic heterocycles. The number of rotatable bonds is 9. The highest BCUT2D eigenvalue weighted by atomic mass is 16.5. The van der Waals surface area contributed by atoms with E-state index in [4.69, 9.17) is 14.9 Å². The Kier molecular flexibility index (Phi) is 7.47. The van der Waals surface area contributed by atoms with E-state index in [0.29, 0.717) is 12.8 Å². The summed E-state index contributed by atoms with van der Waals surface area (Å²) in [5.41, 5.74) is 6.51. The zero-order chi connectivity index (χ0) is 22.4. The molecule has 0 aliphatic carbocycles. The van der Waals surface area contributed by atoms with Gasteiger partial charge in [-0.1, -0.05) is 65.2 Å². The third kappa shape index (κ3) is 5.72. The lowest BCUT2D eigenvalue weighted by molar-refractivity contribution is -0.140. The van der Waals surface area contributed by atoms with E-state index in [1.54, 1.807) is 4.80 Å². The number of esters is 1. The molecule has 166 valence electrons. The Morgan fingerprint density at radius 3 is 2.26 bits per heavy atom. The third-order valence-electron chi connectivity index (χ3n) is 5.72. The number of nitrogens with zero attached hydrogens (tertiary/aromatic N) is 3. The van der Waals surface area contributed by atoms with Crippen molar-refractivity contribution in [3.8, 4) is 5.69 Å². The number of benzene rings is 2. The third-order valence-corrected chi connectivity index (χ3v) is 5.72. The van der Waals surface area contributed by atoms with Crippen LogP contribution in [0.15, 0.2) is 36.4 Å². The summed E-state index contributed by atoms with van der Waals surface area (Å²) in [4.78, 5) is 13.5. The van der Waals surface area contributed by atoms with Crippen LogP contribution in [0.5, 0.6) is 0 Å². The Balaban J connectivity index is 2.11. The number of fused-ring (bicyclic) bond motifs is 1. The molecule has 0 unspecified atom stereocenters. The second kappa shape index (κ2) is 10.1. The van der Waals surface area contributed by atoms with Crippen LogP contribution in [0.2, 0.25) is 0 Å². The van der Waals surface area contributed by atoms with Crippen molar-refractivity contribution in [2.24, 2.45) is 0 Å². The Labute approximate surface area is 185 Å². The molecular weight excluding hydrogens is 386 g/mol. The quantitative estimate of drug-likeness (QED) is 0.317. The van der Waals surface area contributed by atoms with Gasteiger partial charge in [-0.2, -0.15) is 4.80 Å². The molecule has 0 saturated carbocycles. The summed E-state index contributed by atoms with van der Waals surface area (Å²) in [6.07, 6.45) is 6.84. The Morgan fingerprint density at radius 2 is 1.68 bits per heavy atom. The van der Waals surface area contributed by atoms with Crippen molar-refractivity contribution in [1.29, 1.82) is 0 Å². The molecule has 31 heavy (non-hydrogen) atoms. The van der Waals surface area contributed by atoms with Crippen LogP contribution in [0, 0.1) is 0 Å². The molecule has 0 N–H and O–H groups in total. The van der Waals surface area contributed by atoms with Crippen LogP contribution in [0.3, 0.4) is 0 Å². The summed E-state index contributed by atoms with van der Waals surface area (Å²) < 4.78 is 4.86. The predicted octanol–water partition coefficient (Wildman–Crippen LogP) is 5.95. The number of unbranched alkanes of at least 4 members (excludes halogenated alkanes) is 3. The van der Waals surface area contributed by atoms with Crippen molar-refractivity contribution in [3.63, 3.8) is 0 Å². The van der Waals surface area contributed by atoms with Crippen LogP contribution >= 0.6 is 0 Å². The van der Waals surface area contributed by atoms with Gasteiger partial charge in [0, 0.05) is 6.42 Å². The average molecular weight is 422 g/mol. The van der Waals surface area contributed by atoms with Crippen molar-refractivity contribution in [3.05, 3.63) is 53.1 Å². The van der Waals surface area contributed by atoms with Gasteiger partial charge in [0.1, 0.15) is 11.0 Å². The zero-order valence-electron chi connectivity index (χ0n) is 19.6. The molecule has 3 rings (SSSR count). The summed E-state index contributed by atoms with van der Waals surface area (Å²) in [5, 5.41) is 9.56. The number of ether oxygens (including phenoxy) is 1. The van der Waals surface area contributed by atoms with Gasteiger partial charge >= 0.3 is 5.97 Å². The first-order valence-electron chi connectivity index (χ1n) is 11.4. The minimum atomic E-state index is -0.189. The van der Waals surface area contributed by atoms with E-state index in [0.717, 1.165) is 35.1 Å². The second-order valence-corrected chi connectivity index (χ2v) is 9.26. The van der Waals surface area contributed by atoms with Gasteiger partial charge in [0.15, 0.2) is 0 Å². The maximum absolute atomic E-state index is 11.8. The number of hydrogen-bond donors (Lipinski definition) is 0. The molecule has 0 amide bonds. The van der Waals surface area contributed by atoms with Crippen molar-refractivity contribution < 1.29 is 9.53 Å². The zero-order valence-corrected chi connectivity index (χ0v) is 19.6. The van der Waals surface area contributed by atoms with E-state index in [-0.39, 0.29) is 11.4 Å². The van der Waals surface area contributed by atoms with E-state index in [2.05, 4.69) is 39.8 Å². The fraction of sp³-hybridized carbons (Fsp3) is 0.500. The smallest absolute Gasteiger partial charge is 0.305 e. The van der Waals surface area contributed by atoms with Gasteiger partial charge in [-0.25, -0.2) is 0 Å². The topological polar surface area (TPSA) is 57.0 Å². The first kappa shape index (κ1) is 23.0. The van der Waals surface area contributed by atoms with Gasteiger partial charge in [0.05, 0.1) is 12.8 Å². The van der Waals surface area contributed by atoms with E-state index in [9.17, 15) is 4.79 Å². The van der Waals surface area contributed by atoms with Crippen LogP contribution in [0.1, 0.15) is 76.5 Å². The number of carbonyl (C=O) groups excluding carboxylic acids is 1. The summed E-state index contributed by atoms with van der Waals surface area (Å²) in [7, 11) is 1.44. The van der Waals surface area contributed by atoms with Crippen molar-refractivity contribution in [2.45, 2.75) is 78.1 Å². The molecule has 3 aromatic rings.